The van der Waals surface area contributed by atoms with Gasteiger partial charge >= 0.3 is 0 Å². The molecule has 32 heavy (non-hydrogen) atoms. The molecule has 168 valence electrons. The number of aliphatic hydroxyl groups is 1. The van der Waals surface area contributed by atoms with E-state index in [1.54, 1.807) is 0 Å². The van der Waals surface area contributed by atoms with E-state index in [9.17, 15) is 31.1 Å². The lowest BCUT2D eigenvalue weighted by Gasteiger charge is -2.22. The van der Waals surface area contributed by atoms with E-state index in [0.29, 0.717) is 5.69 Å². The number of aromatic nitrogens is 1. The minimum Gasteiger partial charge on any atom is -0.383 e. The molecule has 0 spiro atoms. The highest BCUT2D eigenvalue weighted by atomic mass is 32.3. The molecule has 1 unspecified atom stereocenters. The van der Waals surface area contributed by atoms with E-state index in [-0.39, 0.29) is 26.7 Å². The Bertz CT molecular complexity index is 1340. The normalized spacial score (nSPS) is 17.0. The van der Waals surface area contributed by atoms with E-state index in [2.05, 4.69) is 4.98 Å². The zero-order valence-electron chi connectivity index (χ0n) is 16.2. The first-order chi connectivity index (χ1) is 15.1. The molecular weight excluding hydrogens is 481 g/mol. The minimum absolute atomic E-state index is 0.206. The summed E-state index contributed by atoms with van der Waals surface area (Å²) in [5, 5.41) is 10.7. The van der Waals surface area contributed by atoms with Gasteiger partial charge in [-0.2, -0.15) is 16.8 Å². The molecule has 1 aliphatic rings. The van der Waals surface area contributed by atoms with Gasteiger partial charge in [-0.25, -0.2) is 9.37 Å². The van der Waals surface area contributed by atoms with Crippen LogP contribution in [0.1, 0.15) is 6.42 Å². The summed E-state index contributed by atoms with van der Waals surface area (Å²) in [6.45, 7) is 0.274. The molecule has 0 saturated carbocycles. The number of halogens is 1. The van der Waals surface area contributed by atoms with Crippen molar-refractivity contribution >= 4 is 48.1 Å². The summed E-state index contributed by atoms with van der Waals surface area (Å²) in [6.07, 6.45) is 0.405. The lowest BCUT2D eigenvalue weighted by Crippen LogP contribution is -2.37. The molecule has 4 rings (SSSR count). The predicted molar refractivity (Wildman–Crippen MR) is 115 cm³/mol. The van der Waals surface area contributed by atoms with E-state index in [1.165, 1.54) is 40.7 Å². The second-order valence-electron chi connectivity index (χ2n) is 6.76. The van der Waals surface area contributed by atoms with Gasteiger partial charge in [0, 0.05) is 30.2 Å². The van der Waals surface area contributed by atoms with Gasteiger partial charge in [0.25, 0.3) is 26.0 Å². The van der Waals surface area contributed by atoms with Crippen LogP contribution in [0.2, 0.25) is 0 Å². The summed E-state index contributed by atoms with van der Waals surface area (Å²) in [7, 11) is -9.32. The quantitative estimate of drug-likeness (QED) is 0.552. The topological polar surface area (TPSA) is 125 Å². The fraction of sp³-hybridized carbons (Fsp3) is 0.158. The van der Waals surface area contributed by atoms with Crippen molar-refractivity contribution in [2.24, 2.45) is 0 Å². The highest BCUT2D eigenvalue weighted by molar-refractivity contribution is 8.10. The van der Waals surface area contributed by atoms with Crippen molar-refractivity contribution in [3.05, 3.63) is 65.9 Å². The second kappa shape index (κ2) is 8.24. The van der Waals surface area contributed by atoms with Crippen molar-refractivity contribution in [3.8, 4) is 0 Å². The molecule has 13 heteroatoms. The molecule has 0 bridgehead atoms. The number of anilines is 2. The van der Waals surface area contributed by atoms with Crippen molar-refractivity contribution in [2.75, 3.05) is 15.2 Å². The van der Waals surface area contributed by atoms with Crippen LogP contribution in [-0.2, 0) is 24.8 Å². The van der Waals surface area contributed by atoms with Gasteiger partial charge in [0.15, 0.2) is 0 Å². The van der Waals surface area contributed by atoms with Gasteiger partial charge in [-0.3, -0.25) is 4.79 Å². The molecule has 9 nitrogen and oxygen atoms in total. The third-order valence-corrected chi connectivity index (χ3v) is 9.87. The number of hydrogen-bond donors (Lipinski definition) is 1. The average molecular weight is 498 g/mol. The largest absolute Gasteiger partial charge is 0.383 e. The van der Waals surface area contributed by atoms with E-state index in [0.717, 1.165) is 35.6 Å². The van der Waals surface area contributed by atoms with Gasteiger partial charge in [0.2, 0.25) is 5.13 Å². The standard InChI is InChI=1S/C19H16FN3O6S3/c20-13-1-5-15(6-2-13)31(26,27)23(19-21-10-12-30-19)32(28,29)16-7-3-14(4-8-16)22-11-9-17(24)18(22)25/h1-8,10,12,17,24H,9,11H2. The highest BCUT2D eigenvalue weighted by Gasteiger charge is 2.39. The Morgan fingerprint density at radius 1 is 1.00 bits per heavy atom. The summed E-state index contributed by atoms with van der Waals surface area (Å²) in [6, 6.07) is 8.81. The molecule has 1 fully saturated rings. The molecule has 3 aromatic rings. The fourth-order valence-corrected chi connectivity index (χ4v) is 7.85. The number of aliphatic hydroxyl groups excluding tert-OH is 1. The molecule has 1 aliphatic heterocycles. The summed E-state index contributed by atoms with van der Waals surface area (Å²) in [5.74, 6) is -1.17. The zero-order valence-corrected chi connectivity index (χ0v) is 18.6. The number of benzene rings is 2. The van der Waals surface area contributed by atoms with Crippen molar-refractivity contribution < 1.29 is 31.1 Å². The number of carbonyl (C=O) groups excluding carboxylic acids is 1. The van der Waals surface area contributed by atoms with Crippen molar-refractivity contribution in [1.82, 2.24) is 4.98 Å². The van der Waals surface area contributed by atoms with E-state index >= 15 is 0 Å². The Morgan fingerprint density at radius 2 is 1.56 bits per heavy atom. The van der Waals surface area contributed by atoms with Crippen molar-refractivity contribution in [2.45, 2.75) is 22.3 Å². The lowest BCUT2D eigenvalue weighted by atomic mass is 10.3. The molecule has 0 aliphatic carbocycles. The Balaban J connectivity index is 1.76. The summed E-state index contributed by atoms with van der Waals surface area (Å²) < 4.78 is 66.7. The van der Waals surface area contributed by atoms with Crippen LogP contribution < -0.4 is 8.61 Å². The molecule has 1 saturated heterocycles. The molecule has 1 atom stereocenters. The maximum Gasteiger partial charge on any atom is 0.279 e. The molecular formula is C19H16FN3O6S3. The zero-order chi connectivity index (χ0) is 23.1. The third kappa shape index (κ3) is 3.88. The Kier molecular flexibility index (Phi) is 5.75. The molecule has 1 amide bonds. The SMILES string of the molecule is O=C1C(O)CCN1c1ccc(S(=O)(=O)N(c2nccs2)S(=O)(=O)c2ccc(F)cc2)cc1. The maximum atomic E-state index is 13.4. The van der Waals surface area contributed by atoms with Crippen LogP contribution in [0.3, 0.4) is 0 Å². The molecule has 2 heterocycles. The Morgan fingerprint density at radius 3 is 2.03 bits per heavy atom. The molecule has 2 aromatic carbocycles. The van der Waals surface area contributed by atoms with Gasteiger partial charge in [-0.15, -0.1) is 15.0 Å². The first-order valence-electron chi connectivity index (χ1n) is 9.17. The average Bonchev–Trinajstić information content (AvgIpc) is 3.39. The first-order valence-corrected chi connectivity index (χ1v) is 12.9. The van der Waals surface area contributed by atoms with Crippen LogP contribution in [0.4, 0.5) is 15.2 Å². The first kappa shape index (κ1) is 22.3. The Labute approximate surface area is 187 Å². The van der Waals surface area contributed by atoms with E-state index in [4.69, 9.17) is 0 Å². The van der Waals surface area contributed by atoms with E-state index < -0.39 is 42.8 Å². The monoisotopic (exact) mass is 497 g/mol. The van der Waals surface area contributed by atoms with E-state index in [1.807, 2.05) is 0 Å². The molecule has 1 N–H and O–H groups in total. The summed E-state index contributed by atoms with van der Waals surface area (Å²) >= 11 is 0.803. The number of thiazole rings is 1. The second-order valence-corrected chi connectivity index (χ2v) is 11.4. The van der Waals surface area contributed by atoms with Crippen LogP contribution in [0.15, 0.2) is 69.9 Å². The van der Waals surface area contributed by atoms with Gasteiger partial charge in [0.1, 0.15) is 11.9 Å². The highest BCUT2D eigenvalue weighted by Crippen LogP contribution is 2.33. The van der Waals surface area contributed by atoms with Crippen LogP contribution >= 0.6 is 11.3 Å². The number of nitrogens with zero attached hydrogens (tertiary/aromatic N) is 3. The summed E-state index contributed by atoms with van der Waals surface area (Å²) in [5.41, 5.74) is 0.368. The third-order valence-electron chi connectivity index (χ3n) is 4.75. The van der Waals surface area contributed by atoms with Gasteiger partial charge in [-0.1, -0.05) is 0 Å². The van der Waals surface area contributed by atoms with Crippen molar-refractivity contribution in [3.63, 3.8) is 0 Å². The fourth-order valence-electron chi connectivity index (χ4n) is 3.16. The number of amides is 1. The van der Waals surface area contributed by atoms with Crippen molar-refractivity contribution in [1.29, 1.82) is 0 Å². The predicted octanol–water partition coefficient (Wildman–Crippen LogP) is 1.96. The smallest absolute Gasteiger partial charge is 0.279 e. The number of hydrogen-bond acceptors (Lipinski definition) is 8. The number of carbonyl (C=O) groups is 1. The Hall–Kier alpha value is -2.87. The molecule has 0 radical (unpaired) electrons. The minimum atomic E-state index is -4.66. The summed E-state index contributed by atoms with van der Waals surface area (Å²) in [4.78, 5) is 16.4. The van der Waals surface area contributed by atoms with Gasteiger partial charge in [-0.05, 0) is 48.5 Å². The van der Waals surface area contributed by atoms with Crippen LogP contribution in [0, 0.1) is 5.82 Å². The van der Waals surface area contributed by atoms with Gasteiger partial charge < -0.3 is 10.0 Å². The molecule has 1 aromatic heterocycles. The number of rotatable bonds is 6. The van der Waals surface area contributed by atoms with Crippen LogP contribution in [-0.4, -0.2) is 45.5 Å². The maximum absolute atomic E-state index is 13.4. The van der Waals surface area contributed by atoms with Gasteiger partial charge in [0.05, 0.1) is 9.79 Å². The number of sulfonamides is 2. The van der Waals surface area contributed by atoms with Crippen LogP contribution in [0.25, 0.3) is 0 Å². The van der Waals surface area contributed by atoms with Crippen LogP contribution in [0.5, 0.6) is 0 Å². The lowest BCUT2D eigenvalue weighted by molar-refractivity contribution is -0.123.